The van der Waals surface area contributed by atoms with Gasteiger partial charge in [0.2, 0.25) is 0 Å². The molecule has 1 amide bonds. The second-order valence-electron chi connectivity index (χ2n) is 7.53. The number of rotatable bonds is 5. The van der Waals surface area contributed by atoms with Gasteiger partial charge in [-0.15, -0.1) is 0 Å². The minimum atomic E-state index is -2.61. The Morgan fingerprint density at radius 3 is 2.58 bits per heavy atom. The summed E-state index contributed by atoms with van der Waals surface area (Å²) in [7, 11) is 1.68. The fraction of sp³-hybridized carbons (Fsp3) is 0.333. The number of aliphatic hydroxyl groups is 1. The molecule has 1 fully saturated rings. The lowest BCUT2D eigenvalue weighted by Crippen LogP contribution is -2.42. The van der Waals surface area contributed by atoms with E-state index in [9.17, 15) is 23.5 Å². The molecule has 0 aliphatic heterocycles. The quantitative estimate of drug-likeness (QED) is 0.648. The van der Waals surface area contributed by atoms with Crippen molar-refractivity contribution in [1.29, 1.82) is 0 Å². The van der Waals surface area contributed by atoms with Gasteiger partial charge in [-0.2, -0.15) is 14.9 Å². The predicted octanol–water partition coefficient (Wildman–Crippen LogP) is 2.21. The summed E-state index contributed by atoms with van der Waals surface area (Å²) in [4.78, 5) is 25.9. The van der Waals surface area contributed by atoms with E-state index in [-0.39, 0.29) is 16.8 Å². The molecule has 1 aromatic carbocycles. The summed E-state index contributed by atoms with van der Waals surface area (Å²) < 4.78 is 28.3. The lowest BCUT2D eigenvalue weighted by atomic mass is 10.1. The Morgan fingerprint density at radius 2 is 2.00 bits per heavy atom. The number of carbonyl (C=O) groups is 1. The number of halogens is 2. The van der Waals surface area contributed by atoms with Gasteiger partial charge in [0.25, 0.3) is 17.9 Å². The van der Waals surface area contributed by atoms with Gasteiger partial charge in [-0.05, 0) is 25.3 Å². The molecule has 4 rings (SSSR count). The minimum absolute atomic E-state index is 0.141. The van der Waals surface area contributed by atoms with Gasteiger partial charge in [-0.3, -0.25) is 14.3 Å². The minimum Gasteiger partial charge on any atom is -0.391 e. The van der Waals surface area contributed by atoms with Crippen LogP contribution in [0.25, 0.3) is 16.9 Å². The number of hydrogen-bond acceptors (Lipinski definition) is 5. The van der Waals surface area contributed by atoms with Gasteiger partial charge in [0, 0.05) is 18.2 Å². The molecule has 162 valence electrons. The molecule has 31 heavy (non-hydrogen) atoms. The highest BCUT2D eigenvalue weighted by atomic mass is 19.3. The van der Waals surface area contributed by atoms with Crippen molar-refractivity contribution in [3.8, 4) is 16.9 Å². The maximum atomic E-state index is 13.0. The van der Waals surface area contributed by atoms with E-state index in [0.29, 0.717) is 24.1 Å². The number of aliphatic hydroxyl groups excluding tert-OH is 1. The van der Waals surface area contributed by atoms with Gasteiger partial charge >= 0.3 is 0 Å². The second kappa shape index (κ2) is 8.38. The summed E-state index contributed by atoms with van der Waals surface area (Å²) in [5.74, 6) is -0.624. The highest BCUT2D eigenvalue weighted by Gasteiger charge is 2.28. The predicted molar refractivity (Wildman–Crippen MR) is 108 cm³/mol. The molecule has 0 unspecified atom stereocenters. The number of amides is 1. The summed E-state index contributed by atoms with van der Waals surface area (Å²) >= 11 is 0. The first-order valence-corrected chi connectivity index (χ1v) is 9.84. The maximum Gasteiger partial charge on any atom is 0.284 e. The van der Waals surface area contributed by atoms with Gasteiger partial charge < -0.3 is 10.4 Å². The number of aromatic nitrogens is 4. The molecule has 0 saturated heterocycles. The third-order valence-electron chi connectivity index (χ3n) is 5.35. The molecule has 0 radical (unpaired) electrons. The molecular formula is C21H21F2N5O3. The van der Waals surface area contributed by atoms with Crippen molar-refractivity contribution in [1.82, 2.24) is 24.9 Å². The van der Waals surface area contributed by atoms with E-state index < -0.39 is 30.0 Å². The van der Waals surface area contributed by atoms with E-state index >= 15 is 0 Å². The zero-order valence-corrected chi connectivity index (χ0v) is 16.7. The van der Waals surface area contributed by atoms with Gasteiger partial charge in [-0.1, -0.05) is 24.3 Å². The Hall–Kier alpha value is -3.40. The van der Waals surface area contributed by atoms with Crippen LogP contribution in [0.5, 0.6) is 0 Å². The highest BCUT2D eigenvalue weighted by molar-refractivity contribution is 5.95. The van der Waals surface area contributed by atoms with E-state index in [2.05, 4.69) is 15.5 Å². The molecule has 1 aliphatic carbocycles. The van der Waals surface area contributed by atoms with Crippen LogP contribution in [0.2, 0.25) is 0 Å². The van der Waals surface area contributed by atoms with Crippen LogP contribution in [0, 0.1) is 0 Å². The Kier molecular flexibility index (Phi) is 5.64. The standard InChI is InChI=1S/C21H21F2N5O3/c1-27-11-14(10-24-27)28-21(31)15(20(30)25-16-3-2-4-18(16)29)9-17(26-28)12-5-7-13(8-6-12)19(22)23/h5-11,16,18-19,29H,2-4H2,1H3,(H,25,30)/t16-,18-/m0/s1. The van der Waals surface area contributed by atoms with Crippen LogP contribution in [-0.2, 0) is 7.05 Å². The lowest BCUT2D eigenvalue weighted by Gasteiger charge is -2.17. The van der Waals surface area contributed by atoms with Crippen molar-refractivity contribution in [2.45, 2.75) is 37.8 Å². The van der Waals surface area contributed by atoms with Gasteiger partial charge in [0.05, 0.1) is 30.2 Å². The average Bonchev–Trinajstić information content (AvgIpc) is 3.36. The van der Waals surface area contributed by atoms with Crippen molar-refractivity contribution >= 4 is 5.91 Å². The van der Waals surface area contributed by atoms with Crippen LogP contribution < -0.4 is 10.9 Å². The van der Waals surface area contributed by atoms with E-state index in [1.807, 2.05) is 0 Å². The first-order chi connectivity index (χ1) is 14.8. The number of nitrogens with zero attached hydrogens (tertiary/aromatic N) is 4. The molecular weight excluding hydrogens is 408 g/mol. The fourth-order valence-electron chi connectivity index (χ4n) is 3.65. The summed E-state index contributed by atoms with van der Waals surface area (Å²) in [6, 6.07) is 6.38. The summed E-state index contributed by atoms with van der Waals surface area (Å²) in [5.41, 5.74) is 0.140. The molecule has 1 saturated carbocycles. The van der Waals surface area contributed by atoms with Crippen LogP contribution in [0.15, 0.2) is 47.5 Å². The van der Waals surface area contributed by atoms with Gasteiger partial charge in [0.15, 0.2) is 0 Å². The molecule has 3 aromatic rings. The number of alkyl halides is 2. The monoisotopic (exact) mass is 429 g/mol. The van der Waals surface area contributed by atoms with Crippen molar-refractivity contribution in [3.05, 3.63) is 64.2 Å². The zero-order chi connectivity index (χ0) is 22.1. The molecule has 2 aromatic heterocycles. The third kappa shape index (κ3) is 4.24. The van der Waals surface area contributed by atoms with Crippen molar-refractivity contribution in [3.63, 3.8) is 0 Å². The third-order valence-corrected chi connectivity index (χ3v) is 5.35. The molecule has 8 nitrogen and oxygen atoms in total. The smallest absolute Gasteiger partial charge is 0.284 e. The maximum absolute atomic E-state index is 13.0. The van der Waals surface area contributed by atoms with Crippen LogP contribution >= 0.6 is 0 Å². The number of nitrogens with one attached hydrogen (secondary N) is 1. The first kappa shape index (κ1) is 20.9. The van der Waals surface area contributed by atoms with Crippen molar-refractivity contribution < 1.29 is 18.7 Å². The molecule has 0 bridgehead atoms. The highest BCUT2D eigenvalue weighted by Crippen LogP contribution is 2.24. The topological polar surface area (TPSA) is 102 Å². The van der Waals surface area contributed by atoms with Crippen molar-refractivity contribution in [2.24, 2.45) is 7.05 Å². The molecule has 2 heterocycles. The number of carbonyl (C=O) groups excluding carboxylic acids is 1. The summed E-state index contributed by atoms with van der Waals surface area (Å²) in [6.07, 6.45) is 1.73. The second-order valence-corrected chi connectivity index (χ2v) is 7.53. The molecule has 10 heteroatoms. The largest absolute Gasteiger partial charge is 0.391 e. The normalized spacial score (nSPS) is 18.5. The van der Waals surface area contributed by atoms with E-state index in [1.165, 1.54) is 41.2 Å². The molecule has 1 aliphatic rings. The molecule has 2 atom stereocenters. The van der Waals surface area contributed by atoms with Gasteiger partial charge in [0.1, 0.15) is 11.3 Å². The van der Waals surface area contributed by atoms with Crippen molar-refractivity contribution in [2.75, 3.05) is 0 Å². The van der Waals surface area contributed by atoms with Crippen LogP contribution in [0.3, 0.4) is 0 Å². The van der Waals surface area contributed by atoms with Gasteiger partial charge in [-0.25, -0.2) is 8.78 Å². The number of aryl methyl sites for hydroxylation is 1. The van der Waals surface area contributed by atoms with E-state index in [1.54, 1.807) is 13.2 Å². The van der Waals surface area contributed by atoms with Crippen LogP contribution in [0.1, 0.15) is 41.6 Å². The Morgan fingerprint density at radius 1 is 1.26 bits per heavy atom. The lowest BCUT2D eigenvalue weighted by molar-refractivity contribution is 0.0871. The zero-order valence-electron chi connectivity index (χ0n) is 16.7. The van der Waals surface area contributed by atoms with E-state index in [0.717, 1.165) is 11.1 Å². The Balaban J connectivity index is 1.78. The number of hydrogen-bond donors (Lipinski definition) is 2. The summed E-state index contributed by atoms with van der Waals surface area (Å²) in [5, 5.41) is 21.1. The first-order valence-electron chi connectivity index (χ1n) is 9.84. The van der Waals surface area contributed by atoms with E-state index in [4.69, 9.17) is 0 Å². The van der Waals surface area contributed by atoms with Crippen LogP contribution in [-0.4, -0.2) is 42.7 Å². The summed E-state index contributed by atoms with van der Waals surface area (Å²) in [6.45, 7) is 0. The van der Waals surface area contributed by atoms with Crippen LogP contribution in [0.4, 0.5) is 8.78 Å². The Labute approximate surface area is 176 Å². The number of benzene rings is 1. The average molecular weight is 429 g/mol. The molecule has 2 N–H and O–H groups in total. The molecule has 0 spiro atoms. The fourth-order valence-corrected chi connectivity index (χ4v) is 3.65. The Bertz CT molecular complexity index is 1160. The SMILES string of the molecule is Cn1cc(-n2nc(-c3ccc(C(F)F)cc3)cc(C(=O)N[C@H]3CCC[C@@H]3O)c2=O)cn1.